The summed E-state index contributed by atoms with van der Waals surface area (Å²) in [7, 11) is 1.64. The van der Waals surface area contributed by atoms with Crippen molar-refractivity contribution in [3.63, 3.8) is 0 Å². The fourth-order valence-electron chi connectivity index (χ4n) is 3.60. The third-order valence-electron chi connectivity index (χ3n) is 5.22. The molecule has 1 amide bonds. The smallest absolute Gasteiger partial charge is 0.260 e. The van der Waals surface area contributed by atoms with Gasteiger partial charge in [0.25, 0.3) is 5.91 Å². The molecule has 0 aliphatic heterocycles. The molecule has 2 heterocycles. The number of thiazole rings is 1. The summed E-state index contributed by atoms with van der Waals surface area (Å²) in [6.07, 6.45) is 6.30. The molecule has 0 fully saturated rings. The lowest BCUT2D eigenvalue weighted by atomic mass is 10.2. The average Bonchev–Trinajstić information content (AvgIpc) is 3.47. The normalized spacial score (nSPS) is 11.2. The van der Waals surface area contributed by atoms with E-state index in [2.05, 4.69) is 4.98 Å². The highest BCUT2D eigenvalue weighted by molar-refractivity contribution is 7.22. The summed E-state index contributed by atoms with van der Waals surface area (Å²) < 4.78 is 14.3. The van der Waals surface area contributed by atoms with Gasteiger partial charge >= 0.3 is 0 Å². The number of rotatable bonds is 9. The fraction of sp³-hybridized carbons (Fsp3) is 0.320. The number of anilines is 1. The van der Waals surface area contributed by atoms with Crippen LogP contribution < -0.4 is 14.4 Å². The lowest BCUT2D eigenvalue weighted by Gasteiger charge is -2.20. The monoisotopic (exact) mass is 464 g/mol. The van der Waals surface area contributed by atoms with Crippen molar-refractivity contribution >= 4 is 32.6 Å². The van der Waals surface area contributed by atoms with Crippen molar-refractivity contribution in [3.05, 3.63) is 66.2 Å². The quantitative estimate of drug-likeness (QED) is 0.335. The number of carbonyl (C=O) groups is 1. The van der Waals surface area contributed by atoms with Gasteiger partial charge in [-0.15, -0.1) is 0 Å². The molecule has 0 aliphatic rings. The first-order valence-electron chi connectivity index (χ1n) is 10.9. The molecule has 0 spiro atoms. The second-order valence-corrected chi connectivity index (χ2v) is 9.04. The van der Waals surface area contributed by atoms with E-state index in [1.165, 1.54) is 11.3 Å². The Morgan fingerprint density at radius 3 is 2.64 bits per heavy atom. The van der Waals surface area contributed by atoms with E-state index in [9.17, 15) is 4.79 Å². The number of ether oxygens (including phenoxy) is 2. The molecule has 0 atom stereocenters. The van der Waals surface area contributed by atoms with E-state index >= 15 is 0 Å². The molecule has 0 N–H and O–H groups in total. The molecule has 0 saturated heterocycles. The minimum atomic E-state index is -0.0904. The maximum Gasteiger partial charge on any atom is 0.260 e. The second-order valence-electron chi connectivity index (χ2n) is 8.06. The topological polar surface area (TPSA) is 69.5 Å². The van der Waals surface area contributed by atoms with E-state index in [1.807, 2.05) is 67.9 Å². The molecule has 0 saturated carbocycles. The fourth-order valence-corrected chi connectivity index (χ4v) is 4.67. The summed E-state index contributed by atoms with van der Waals surface area (Å²) in [5.41, 5.74) is 2.48. The standard InChI is InChI=1S/C25H28N4O3S/c1-17(2)32-20-9-7-19(8-10-20)24(30)29(14-5-13-28-15-12-26-16-28)25-27-22-21(31-4)11-6-18(3)23(22)33-25/h6-12,15-17H,5,13-14H2,1-4H3. The Bertz CT molecular complexity index is 1220. The lowest BCUT2D eigenvalue weighted by molar-refractivity contribution is 0.0986. The zero-order valence-corrected chi connectivity index (χ0v) is 20.1. The molecule has 0 aliphatic carbocycles. The SMILES string of the molecule is COc1ccc(C)c2sc(N(CCCn3ccnc3)C(=O)c3ccc(OC(C)C)cc3)nc12. The molecule has 4 aromatic rings. The highest BCUT2D eigenvalue weighted by Crippen LogP contribution is 2.37. The van der Waals surface area contributed by atoms with Crippen molar-refractivity contribution in [1.29, 1.82) is 0 Å². The van der Waals surface area contributed by atoms with Gasteiger partial charge in [-0.25, -0.2) is 9.97 Å². The highest BCUT2D eigenvalue weighted by atomic mass is 32.1. The maximum atomic E-state index is 13.6. The first kappa shape index (κ1) is 22.8. The van der Waals surface area contributed by atoms with Gasteiger partial charge < -0.3 is 14.0 Å². The Balaban J connectivity index is 1.65. The van der Waals surface area contributed by atoms with Gasteiger partial charge in [-0.3, -0.25) is 9.69 Å². The molecule has 4 rings (SSSR count). The molecule has 2 aromatic carbocycles. The van der Waals surface area contributed by atoms with Crippen LogP contribution in [0.4, 0.5) is 5.13 Å². The summed E-state index contributed by atoms with van der Waals surface area (Å²) in [5, 5.41) is 0.663. The van der Waals surface area contributed by atoms with Crippen LogP contribution >= 0.6 is 11.3 Å². The molecule has 0 unspecified atom stereocenters. The van der Waals surface area contributed by atoms with Crippen LogP contribution in [0.1, 0.15) is 36.2 Å². The number of hydrogen-bond acceptors (Lipinski definition) is 6. The van der Waals surface area contributed by atoms with Crippen LogP contribution in [0, 0.1) is 6.92 Å². The van der Waals surface area contributed by atoms with Crippen LogP contribution in [0.2, 0.25) is 0 Å². The Morgan fingerprint density at radius 1 is 1.18 bits per heavy atom. The summed E-state index contributed by atoms with van der Waals surface area (Å²) in [5.74, 6) is 1.36. The van der Waals surface area contributed by atoms with Crippen LogP contribution in [0.3, 0.4) is 0 Å². The van der Waals surface area contributed by atoms with E-state index in [-0.39, 0.29) is 12.0 Å². The van der Waals surface area contributed by atoms with Gasteiger partial charge in [-0.2, -0.15) is 0 Å². The van der Waals surface area contributed by atoms with E-state index in [1.54, 1.807) is 24.5 Å². The third-order valence-corrected chi connectivity index (χ3v) is 6.43. The summed E-state index contributed by atoms with van der Waals surface area (Å²) in [6.45, 7) is 7.29. The Morgan fingerprint density at radius 2 is 1.97 bits per heavy atom. The van der Waals surface area contributed by atoms with Crippen LogP contribution in [0.25, 0.3) is 10.2 Å². The van der Waals surface area contributed by atoms with Gasteiger partial charge in [0.1, 0.15) is 17.0 Å². The number of benzene rings is 2. The van der Waals surface area contributed by atoms with Gasteiger partial charge in [0, 0.05) is 31.0 Å². The highest BCUT2D eigenvalue weighted by Gasteiger charge is 2.23. The number of hydrogen-bond donors (Lipinski definition) is 0. The predicted octanol–water partition coefficient (Wildman–Crippen LogP) is 5.33. The van der Waals surface area contributed by atoms with E-state index in [0.717, 1.165) is 34.5 Å². The lowest BCUT2D eigenvalue weighted by Crippen LogP contribution is -2.32. The van der Waals surface area contributed by atoms with Crippen molar-refractivity contribution in [1.82, 2.24) is 14.5 Å². The van der Waals surface area contributed by atoms with E-state index < -0.39 is 0 Å². The van der Waals surface area contributed by atoms with E-state index in [0.29, 0.717) is 23.0 Å². The number of methoxy groups -OCH3 is 1. The largest absolute Gasteiger partial charge is 0.494 e. The van der Waals surface area contributed by atoms with Crippen LogP contribution in [0.5, 0.6) is 11.5 Å². The third kappa shape index (κ3) is 5.17. The Labute approximate surface area is 197 Å². The maximum absolute atomic E-state index is 13.6. The van der Waals surface area contributed by atoms with Crippen LogP contribution in [0.15, 0.2) is 55.1 Å². The van der Waals surface area contributed by atoms with Crippen molar-refractivity contribution in [2.75, 3.05) is 18.6 Å². The minimum Gasteiger partial charge on any atom is -0.494 e. The molecule has 33 heavy (non-hydrogen) atoms. The molecule has 8 heteroatoms. The zero-order valence-electron chi connectivity index (χ0n) is 19.3. The van der Waals surface area contributed by atoms with Crippen LogP contribution in [-0.4, -0.2) is 40.2 Å². The van der Waals surface area contributed by atoms with Gasteiger partial charge in [-0.1, -0.05) is 17.4 Å². The molecule has 172 valence electrons. The van der Waals surface area contributed by atoms with Gasteiger partial charge in [0.2, 0.25) is 0 Å². The molecule has 0 bridgehead atoms. The second kappa shape index (κ2) is 10.0. The van der Waals surface area contributed by atoms with Gasteiger partial charge in [0.05, 0.1) is 24.2 Å². The Hall–Kier alpha value is -3.39. The first-order chi connectivity index (χ1) is 16.0. The first-order valence-corrected chi connectivity index (χ1v) is 11.8. The minimum absolute atomic E-state index is 0.0761. The molecule has 2 aromatic heterocycles. The van der Waals surface area contributed by atoms with Crippen molar-refractivity contribution in [2.45, 2.75) is 39.8 Å². The number of aryl methyl sites for hydroxylation is 2. The summed E-state index contributed by atoms with van der Waals surface area (Å²) >= 11 is 1.51. The predicted molar refractivity (Wildman–Crippen MR) is 132 cm³/mol. The zero-order chi connectivity index (χ0) is 23.4. The molecular formula is C25H28N4O3S. The van der Waals surface area contributed by atoms with Gasteiger partial charge in [0.15, 0.2) is 5.13 Å². The van der Waals surface area contributed by atoms with Crippen LogP contribution in [-0.2, 0) is 6.54 Å². The molecule has 0 radical (unpaired) electrons. The summed E-state index contributed by atoms with van der Waals surface area (Å²) in [4.78, 5) is 24.3. The van der Waals surface area contributed by atoms with E-state index in [4.69, 9.17) is 14.5 Å². The number of aromatic nitrogens is 3. The van der Waals surface area contributed by atoms with Crippen molar-refractivity contribution < 1.29 is 14.3 Å². The number of fused-ring (bicyclic) bond motifs is 1. The Kier molecular flexibility index (Phi) is 6.93. The van der Waals surface area contributed by atoms with Crippen molar-refractivity contribution in [2.24, 2.45) is 0 Å². The molecule has 7 nitrogen and oxygen atoms in total. The average molecular weight is 465 g/mol. The number of nitrogens with zero attached hydrogens (tertiary/aromatic N) is 4. The van der Waals surface area contributed by atoms with Gasteiger partial charge in [-0.05, 0) is 63.1 Å². The molecular weight excluding hydrogens is 436 g/mol. The number of imidazole rings is 1. The van der Waals surface area contributed by atoms with Crippen molar-refractivity contribution in [3.8, 4) is 11.5 Å². The summed E-state index contributed by atoms with van der Waals surface area (Å²) in [6, 6.07) is 11.2. The number of amides is 1. The number of carbonyl (C=O) groups excluding carboxylic acids is 1.